The molecule has 1 atom stereocenters. The Bertz CT molecular complexity index is 1150. The summed E-state index contributed by atoms with van der Waals surface area (Å²) < 4.78 is 0. The number of para-hydroxylation sites is 1. The lowest BCUT2D eigenvalue weighted by Crippen LogP contribution is -2.41. The van der Waals surface area contributed by atoms with E-state index in [1.165, 1.54) is 11.3 Å². The lowest BCUT2D eigenvalue weighted by molar-refractivity contribution is 0.102. The molecule has 1 fully saturated rings. The van der Waals surface area contributed by atoms with Crippen molar-refractivity contribution in [3.8, 4) is 0 Å². The number of hydrogen-bond donors (Lipinski definition) is 2. The topological polar surface area (TPSA) is 87.2 Å². The van der Waals surface area contributed by atoms with Crippen LogP contribution in [0.3, 0.4) is 0 Å². The van der Waals surface area contributed by atoms with E-state index in [4.69, 9.17) is 11.6 Å². The van der Waals surface area contributed by atoms with E-state index in [1.807, 2.05) is 50.2 Å². The molecule has 1 saturated heterocycles. The molecular weight excluding hydrogens is 446 g/mol. The van der Waals surface area contributed by atoms with Gasteiger partial charge < -0.3 is 15.5 Å². The van der Waals surface area contributed by atoms with Gasteiger partial charge in [-0.2, -0.15) is 0 Å². The summed E-state index contributed by atoms with van der Waals surface area (Å²) >= 11 is 7.53. The highest BCUT2D eigenvalue weighted by Gasteiger charge is 2.28. The molecule has 9 heteroatoms. The summed E-state index contributed by atoms with van der Waals surface area (Å²) in [6.45, 7) is 5.06. The molecule has 0 saturated carbocycles. The van der Waals surface area contributed by atoms with Crippen LogP contribution in [-0.2, 0) is 0 Å². The number of rotatable bonds is 4. The minimum Gasteiger partial charge on any atom is -0.324 e. The lowest BCUT2D eigenvalue weighted by Gasteiger charge is -2.31. The van der Waals surface area contributed by atoms with Crippen molar-refractivity contribution in [3.63, 3.8) is 0 Å². The molecule has 166 valence electrons. The molecule has 1 aliphatic rings. The number of halogens is 1. The van der Waals surface area contributed by atoms with Crippen molar-refractivity contribution in [2.75, 3.05) is 23.7 Å². The first-order valence-electron chi connectivity index (χ1n) is 10.4. The van der Waals surface area contributed by atoms with Crippen LogP contribution in [0.25, 0.3) is 0 Å². The standard InChI is InChI=1S/C23H24ClN5O2S/c1-14-9-10-19(17(24)12-14)26-23(31)29-11-5-7-16(13-29)21-27-28-22(32-21)20(30)25-18-8-4-3-6-15(18)2/h3-4,6,8-10,12,16H,5,7,11,13H2,1-2H3,(H,25,30)(H,26,31)/t16-/m1/s1. The number of likely N-dealkylation sites (tertiary alicyclic amines) is 1. The fraction of sp³-hybridized carbons (Fsp3) is 0.304. The van der Waals surface area contributed by atoms with Gasteiger partial charge in [-0.1, -0.05) is 47.2 Å². The first kappa shape index (κ1) is 22.2. The van der Waals surface area contributed by atoms with Crippen molar-refractivity contribution in [3.05, 3.63) is 68.6 Å². The second-order valence-electron chi connectivity index (χ2n) is 7.91. The van der Waals surface area contributed by atoms with Crippen LogP contribution >= 0.6 is 22.9 Å². The Labute approximate surface area is 195 Å². The van der Waals surface area contributed by atoms with Crippen molar-refractivity contribution >= 4 is 46.3 Å². The smallest absolute Gasteiger partial charge is 0.321 e. The molecule has 0 bridgehead atoms. The number of benzene rings is 2. The Morgan fingerprint density at radius 3 is 2.69 bits per heavy atom. The van der Waals surface area contributed by atoms with Crippen LogP contribution < -0.4 is 10.6 Å². The molecule has 3 amide bonds. The zero-order valence-electron chi connectivity index (χ0n) is 17.9. The van der Waals surface area contributed by atoms with Gasteiger partial charge in [0, 0.05) is 24.7 Å². The van der Waals surface area contributed by atoms with Gasteiger partial charge in [0.1, 0.15) is 5.01 Å². The number of nitrogens with zero attached hydrogens (tertiary/aromatic N) is 3. The average molecular weight is 470 g/mol. The highest BCUT2D eigenvalue weighted by molar-refractivity contribution is 7.13. The summed E-state index contributed by atoms with van der Waals surface area (Å²) in [7, 11) is 0. The number of aryl methyl sites for hydroxylation is 2. The van der Waals surface area contributed by atoms with Crippen LogP contribution in [0.4, 0.5) is 16.2 Å². The molecule has 2 aromatic carbocycles. The van der Waals surface area contributed by atoms with E-state index >= 15 is 0 Å². The van der Waals surface area contributed by atoms with Crippen molar-refractivity contribution in [1.29, 1.82) is 0 Å². The molecule has 4 rings (SSSR count). The first-order chi connectivity index (χ1) is 15.4. The van der Waals surface area contributed by atoms with E-state index in [2.05, 4.69) is 20.8 Å². The van der Waals surface area contributed by atoms with E-state index in [9.17, 15) is 9.59 Å². The lowest BCUT2D eigenvalue weighted by atomic mass is 9.99. The summed E-state index contributed by atoms with van der Waals surface area (Å²) in [6, 6.07) is 12.9. The average Bonchev–Trinajstić information content (AvgIpc) is 3.28. The van der Waals surface area contributed by atoms with Crippen LogP contribution in [0.1, 0.15) is 44.7 Å². The molecule has 1 aliphatic heterocycles. The molecule has 1 aromatic heterocycles. The SMILES string of the molecule is Cc1ccc(NC(=O)N2CCC[C@@H](c3nnc(C(=O)Nc4ccccc4C)s3)C2)c(Cl)c1. The van der Waals surface area contributed by atoms with Gasteiger partial charge in [0.05, 0.1) is 10.7 Å². The minimum absolute atomic E-state index is 0.0421. The summed E-state index contributed by atoms with van der Waals surface area (Å²) in [5, 5.41) is 15.7. The van der Waals surface area contributed by atoms with Gasteiger partial charge in [0.15, 0.2) is 0 Å². The van der Waals surface area contributed by atoms with Crippen LogP contribution in [0.5, 0.6) is 0 Å². The molecule has 7 nitrogen and oxygen atoms in total. The van der Waals surface area contributed by atoms with Crippen molar-refractivity contribution in [2.45, 2.75) is 32.6 Å². The Morgan fingerprint density at radius 1 is 1.09 bits per heavy atom. The molecule has 32 heavy (non-hydrogen) atoms. The summed E-state index contributed by atoms with van der Waals surface area (Å²) in [5.74, 6) is -0.233. The van der Waals surface area contributed by atoms with E-state index in [0.29, 0.717) is 28.8 Å². The van der Waals surface area contributed by atoms with E-state index < -0.39 is 0 Å². The normalized spacial score (nSPS) is 16.0. The van der Waals surface area contributed by atoms with Crippen LogP contribution in [-0.4, -0.2) is 40.1 Å². The van der Waals surface area contributed by atoms with E-state index in [0.717, 1.165) is 34.7 Å². The number of nitrogens with one attached hydrogen (secondary N) is 2. The van der Waals surface area contributed by atoms with Gasteiger partial charge in [-0.15, -0.1) is 10.2 Å². The molecule has 0 radical (unpaired) electrons. The van der Waals surface area contributed by atoms with E-state index in [1.54, 1.807) is 11.0 Å². The molecule has 3 aromatic rings. The monoisotopic (exact) mass is 469 g/mol. The van der Waals surface area contributed by atoms with Crippen LogP contribution in [0, 0.1) is 13.8 Å². The molecule has 0 unspecified atom stereocenters. The number of carbonyl (C=O) groups is 2. The predicted octanol–water partition coefficient (Wildman–Crippen LogP) is 5.47. The number of carbonyl (C=O) groups excluding carboxylic acids is 2. The molecule has 2 N–H and O–H groups in total. The van der Waals surface area contributed by atoms with Gasteiger partial charge in [0.2, 0.25) is 5.01 Å². The van der Waals surface area contributed by atoms with Gasteiger partial charge >= 0.3 is 6.03 Å². The zero-order valence-corrected chi connectivity index (χ0v) is 19.5. The number of anilines is 2. The third-order valence-corrected chi connectivity index (χ3v) is 6.85. The fourth-order valence-electron chi connectivity index (χ4n) is 3.66. The maximum atomic E-state index is 12.8. The number of aromatic nitrogens is 2. The Kier molecular flexibility index (Phi) is 6.72. The van der Waals surface area contributed by atoms with Gasteiger partial charge in [0.25, 0.3) is 5.91 Å². The van der Waals surface area contributed by atoms with Gasteiger partial charge in [-0.25, -0.2) is 4.79 Å². The van der Waals surface area contributed by atoms with Crippen LogP contribution in [0.15, 0.2) is 42.5 Å². The molecule has 0 aliphatic carbocycles. The number of hydrogen-bond acceptors (Lipinski definition) is 5. The van der Waals surface area contributed by atoms with Crippen molar-refractivity contribution < 1.29 is 9.59 Å². The number of amides is 3. The van der Waals surface area contributed by atoms with Crippen molar-refractivity contribution in [2.24, 2.45) is 0 Å². The van der Waals surface area contributed by atoms with E-state index in [-0.39, 0.29) is 17.9 Å². The second-order valence-corrected chi connectivity index (χ2v) is 9.33. The highest BCUT2D eigenvalue weighted by Crippen LogP contribution is 2.30. The highest BCUT2D eigenvalue weighted by atomic mass is 35.5. The quantitative estimate of drug-likeness (QED) is 0.530. The molecular formula is C23H24ClN5O2S. The Hall–Kier alpha value is -2.97. The Morgan fingerprint density at radius 2 is 1.91 bits per heavy atom. The van der Waals surface area contributed by atoms with Crippen LogP contribution in [0.2, 0.25) is 5.02 Å². The minimum atomic E-state index is -0.275. The summed E-state index contributed by atoms with van der Waals surface area (Å²) in [4.78, 5) is 27.2. The summed E-state index contributed by atoms with van der Waals surface area (Å²) in [5.41, 5.74) is 3.36. The third kappa shape index (κ3) is 5.08. The number of piperidine rings is 1. The maximum Gasteiger partial charge on any atom is 0.321 e. The third-order valence-electron chi connectivity index (χ3n) is 5.45. The van der Waals surface area contributed by atoms with Crippen molar-refractivity contribution in [1.82, 2.24) is 15.1 Å². The van der Waals surface area contributed by atoms with Gasteiger partial charge in [-0.05, 0) is 56.0 Å². The summed E-state index contributed by atoms with van der Waals surface area (Å²) in [6.07, 6.45) is 1.74. The first-order valence-corrected chi connectivity index (χ1v) is 11.6. The molecule has 0 spiro atoms. The number of urea groups is 1. The maximum absolute atomic E-state index is 12.8. The predicted molar refractivity (Wildman–Crippen MR) is 128 cm³/mol. The zero-order chi connectivity index (χ0) is 22.7. The second kappa shape index (κ2) is 9.67. The largest absolute Gasteiger partial charge is 0.324 e. The Balaban J connectivity index is 1.40. The molecule has 2 heterocycles. The fourth-order valence-corrected chi connectivity index (χ4v) is 4.81. The van der Waals surface area contributed by atoms with Gasteiger partial charge in [-0.3, -0.25) is 4.79 Å².